The normalized spacial score (nSPS) is 10.4. The van der Waals surface area contributed by atoms with Crippen LogP contribution >= 0.6 is 15.9 Å². The van der Waals surface area contributed by atoms with Crippen LogP contribution in [0.15, 0.2) is 23.1 Å². The standard InChI is InChI=1S/C11H13BrN6O/c1-2-3-14-11-15-5-8(12)10(17-11)18-6-7(4-16-18)9(13)19/h4-6H,2-3H2,1H3,(H2,13,19)(H,14,15,17). The van der Waals surface area contributed by atoms with E-state index < -0.39 is 5.91 Å². The Kier molecular flexibility index (Phi) is 4.10. The van der Waals surface area contributed by atoms with Gasteiger partial charge in [-0.05, 0) is 22.4 Å². The molecule has 2 heterocycles. The number of rotatable bonds is 5. The Morgan fingerprint density at radius 1 is 1.53 bits per heavy atom. The largest absolute Gasteiger partial charge is 0.366 e. The summed E-state index contributed by atoms with van der Waals surface area (Å²) in [5.74, 6) is 0.526. The van der Waals surface area contributed by atoms with Crippen LogP contribution in [0.5, 0.6) is 0 Å². The number of aromatic nitrogens is 4. The molecule has 0 spiro atoms. The number of carbonyl (C=O) groups excluding carboxylic acids is 1. The molecular weight excluding hydrogens is 312 g/mol. The quantitative estimate of drug-likeness (QED) is 0.864. The lowest BCUT2D eigenvalue weighted by molar-refractivity contribution is 0.100. The van der Waals surface area contributed by atoms with Gasteiger partial charge in [-0.25, -0.2) is 9.67 Å². The lowest BCUT2D eigenvalue weighted by atomic mass is 10.3. The predicted octanol–water partition coefficient (Wildman–Crippen LogP) is 1.35. The number of amides is 1. The Labute approximate surface area is 118 Å². The molecule has 0 aliphatic rings. The average molecular weight is 325 g/mol. The highest BCUT2D eigenvalue weighted by molar-refractivity contribution is 9.10. The van der Waals surface area contributed by atoms with Crippen molar-refractivity contribution in [2.45, 2.75) is 13.3 Å². The van der Waals surface area contributed by atoms with E-state index in [1.165, 1.54) is 17.1 Å². The molecule has 100 valence electrons. The third-order valence-corrected chi connectivity index (χ3v) is 2.90. The van der Waals surface area contributed by atoms with E-state index in [0.717, 1.165) is 13.0 Å². The number of nitrogens with one attached hydrogen (secondary N) is 1. The van der Waals surface area contributed by atoms with Gasteiger partial charge in [-0.2, -0.15) is 10.1 Å². The van der Waals surface area contributed by atoms with Crippen LogP contribution in [-0.4, -0.2) is 32.2 Å². The van der Waals surface area contributed by atoms with Crippen molar-refractivity contribution in [2.24, 2.45) is 5.73 Å². The van der Waals surface area contributed by atoms with Crippen LogP contribution in [-0.2, 0) is 0 Å². The molecule has 2 aromatic rings. The molecule has 2 aromatic heterocycles. The molecule has 0 radical (unpaired) electrons. The minimum Gasteiger partial charge on any atom is -0.366 e. The van der Waals surface area contributed by atoms with Gasteiger partial charge in [0.05, 0.1) is 16.2 Å². The summed E-state index contributed by atoms with van der Waals surface area (Å²) in [5, 5.41) is 7.14. The van der Waals surface area contributed by atoms with E-state index in [4.69, 9.17) is 5.73 Å². The molecule has 0 atom stereocenters. The second-order valence-electron chi connectivity index (χ2n) is 3.83. The molecule has 0 saturated carbocycles. The Morgan fingerprint density at radius 3 is 2.95 bits per heavy atom. The summed E-state index contributed by atoms with van der Waals surface area (Å²) in [7, 11) is 0. The van der Waals surface area contributed by atoms with Gasteiger partial charge in [0.1, 0.15) is 0 Å². The van der Waals surface area contributed by atoms with Gasteiger partial charge in [0, 0.05) is 18.9 Å². The summed E-state index contributed by atoms with van der Waals surface area (Å²) in [6.07, 6.45) is 5.53. The van der Waals surface area contributed by atoms with E-state index in [0.29, 0.717) is 21.8 Å². The van der Waals surface area contributed by atoms with Crippen LogP contribution in [0, 0.1) is 0 Å². The van der Waals surface area contributed by atoms with E-state index in [-0.39, 0.29) is 0 Å². The van der Waals surface area contributed by atoms with Gasteiger partial charge >= 0.3 is 0 Å². The lowest BCUT2D eigenvalue weighted by Crippen LogP contribution is -2.10. The monoisotopic (exact) mass is 324 g/mol. The van der Waals surface area contributed by atoms with E-state index in [9.17, 15) is 4.79 Å². The van der Waals surface area contributed by atoms with Crippen molar-refractivity contribution in [2.75, 3.05) is 11.9 Å². The third-order valence-electron chi connectivity index (χ3n) is 2.34. The third kappa shape index (κ3) is 3.08. The van der Waals surface area contributed by atoms with Crippen LogP contribution < -0.4 is 11.1 Å². The number of anilines is 1. The van der Waals surface area contributed by atoms with Crippen molar-refractivity contribution in [3.63, 3.8) is 0 Å². The number of primary amides is 1. The molecule has 0 aliphatic carbocycles. The van der Waals surface area contributed by atoms with Gasteiger partial charge in [0.25, 0.3) is 5.91 Å². The summed E-state index contributed by atoms with van der Waals surface area (Å²) in [6.45, 7) is 2.84. The predicted molar refractivity (Wildman–Crippen MR) is 74.2 cm³/mol. The molecule has 7 nitrogen and oxygen atoms in total. The molecule has 3 N–H and O–H groups in total. The summed E-state index contributed by atoms with van der Waals surface area (Å²) >= 11 is 3.35. The molecule has 0 fully saturated rings. The Morgan fingerprint density at radius 2 is 2.32 bits per heavy atom. The number of halogens is 1. The maximum Gasteiger partial charge on any atom is 0.251 e. The number of hydrogen-bond donors (Lipinski definition) is 2. The zero-order valence-electron chi connectivity index (χ0n) is 10.3. The van der Waals surface area contributed by atoms with E-state index in [1.807, 2.05) is 0 Å². The van der Waals surface area contributed by atoms with Gasteiger partial charge in [-0.1, -0.05) is 6.92 Å². The Balaban J connectivity index is 2.33. The molecule has 0 unspecified atom stereocenters. The zero-order chi connectivity index (χ0) is 13.8. The highest BCUT2D eigenvalue weighted by Gasteiger charge is 2.10. The smallest absolute Gasteiger partial charge is 0.251 e. The van der Waals surface area contributed by atoms with Crippen molar-refractivity contribution < 1.29 is 4.79 Å². The summed E-state index contributed by atoms with van der Waals surface area (Å²) in [4.78, 5) is 19.5. The fourth-order valence-electron chi connectivity index (χ4n) is 1.41. The maximum absolute atomic E-state index is 11.1. The van der Waals surface area contributed by atoms with Gasteiger partial charge in [-0.3, -0.25) is 4.79 Å². The zero-order valence-corrected chi connectivity index (χ0v) is 11.9. The molecule has 0 aliphatic heterocycles. The van der Waals surface area contributed by atoms with Crippen LogP contribution in [0.25, 0.3) is 5.82 Å². The van der Waals surface area contributed by atoms with Crippen molar-refractivity contribution in [1.29, 1.82) is 0 Å². The number of nitrogens with two attached hydrogens (primary N) is 1. The lowest BCUT2D eigenvalue weighted by Gasteiger charge is -2.07. The van der Waals surface area contributed by atoms with Gasteiger partial charge < -0.3 is 11.1 Å². The Hall–Kier alpha value is -1.96. The van der Waals surface area contributed by atoms with Gasteiger partial charge in [-0.15, -0.1) is 0 Å². The van der Waals surface area contributed by atoms with Crippen LogP contribution in [0.1, 0.15) is 23.7 Å². The number of hydrogen-bond acceptors (Lipinski definition) is 5. The molecule has 0 saturated heterocycles. The van der Waals surface area contributed by atoms with Crippen LogP contribution in [0.4, 0.5) is 5.95 Å². The van der Waals surface area contributed by atoms with Crippen molar-refractivity contribution in [3.8, 4) is 5.82 Å². The number of carbonyl (C=O) groups is 1. The molecule has 19 heavy (non-hydrogen) atoms. The first-order valence-corrected chi connectivity index (χ1v) is 6.52. The van der Waals surface area contributed by atoms with Crippen molar-refractivity contribution >= 4 is 27.8 Å². The van der Waals surface area contributed by atoms with Crippen LogP contribution in [0.2, 0.25) is 0 Å². The SMILES string of the molecule is CCCNc1ncc(Br)c(-n2cc(C(N)=O)cn2)n1. The van der Waals surface area contributed by atoms with E-state index >= 15 is 0 Å². The Bertz CT molecular complexity index is 597. The topological polar surface area (TPSA) is 98.7 Å². The molecule has 8 heteroatoms. The molecule has 2 rings (SSSR count). The highest BCUT2D eigenvalue weighted by atomic mass is 79.9. The van der Waals surface area contributed by atoms with E-state index in [2.05, 4.69) is 43.2 Å². The minimum absolute atomic E-state index is 0.327. The number of nitrogens with zero attached hydrogens (tertiary/aromatic N) is 4. The van der Waals surface area contributed by atoms with Crippen molar-refractivity contribution in [3.05, 3.63) is 28.6 Å². The highest BCUT2D eigenvalue weighted by Crippen LogP contribution is 2.19. The first-order chi connectivity index (χ1) is 9.11. The summed E-state index contributed by atoms with van der Waals surface area (Å²) in [6, 6.07) is 0. The molecular formula is C11H13BrN6O. The van der Waals surface area contributed by atoms with E-state index in [1.54, 1.807) is 6.20 Å². The van der Waals surface area contributed by atoms with Crippen LogP contribution in [0.3, 0.4) is 0 Å². The summed E-state index contributed by atoms with van der Waals surface area (Å²) < 4.78 is 2.15. The first-order valence-electron chi connectivity index (χ1n) is 5.73. The maximum atomic E-state index is 11.1. The second kappa shape index (κ2) is 5.79. The van der Waals surface area contributed by atoms with Crippen molar-refractivity contribution in [1.82, 2.24) is 19.7 Å². The summed E-state index contributed by atoms with van der Waals surface area (Å²) in [5.41, 5.74) is 5.52. The fraction of sp³-hybridized carbons (Fsp3) is 0.273. The molecule has 0 bridgehead atoms. The van der Waals surface area contributed by atoms with Gasteiger partial charge in [0.2, 0.25) is 5.95 Å². The average Bonchev–Trinajstić information content (AvgIpc) is 2.87. The molecule has 0 aromatic carbocycles. The second-order valence-corrected chi connectivity index (χ2v) is 4.68. The fourth-order valence-corrected chi connectivity index (χ4v) is 1.78. The van der Waals surface area contributed by atoms with Gasteiger partial charge in [0.15, 0.2) is 5.82 Å². The minimum atomic E-state index is -0.527. The molecule has 1 amide bonds. The first kappa shape index (κ1) is 13.5.